The molecule has 0 atom stereocenters. The highest BCUT2D eigenvalue weighted by atomic mass is 16.6. The molecule has 10 aliphatic rings. The van der Waals surface area contributed by atoms with Gasteiger partial charge >= 0.3 is 0 Å². The van der Waals surface area contributed by atoms with Gasteiger partial charge in [-0.25, -0.2) is 19.9 Å². The van der Waals surface area contributed by atoms with E-state index in [1.807, 2.05) is 48.5 Å². The predicted molar refractivity (Wildman–Crippen MR) is 203 cm³/mol. The SMILES string of the molecule is c1cc2ccc1OCCOCCOCCOCCOCCOc1ccc(cc1)-c1ncc(cn1)OCCOCCOCCOCCOCCOc1cnc-2nc1. The fourth-order valence-corrected chi connectivity index (χ4v) is 4.88. The minimum Gasteiger partial charge on any atom is -0.491 e. The van der Waals surface area contributed by atoms with Crippen LogP contribution in [-0.4, -0.2) is 152 Å². The normalized spacial score (nSPS) is 18.0. The van der Waals surface area contributed by atoms with Gasteiger partial charge in [-0.15, -0.1) is 0 Å². The fraction of sp³-hybridized carbons (Fsp3) is 0.500. The lowest BCUT2D eigenvalue weighted by Gasteiger charge is -2.10. The Morgan fingerprint density at radius 2 is 0.464 bits per heavy atom. The van der Waals surface area contributed by atoms with E-state index in [2.05, 4.69) is 19.9 Å². The van der Waals surface area contributed by atoms with Crippen molar-refractivity contribution in [2.75, 3.05) is 132 Å². The molecule has 14 rings (SSSR count). The summed E-state index contributed by atoms with van der Waals surface area (Å²) in [5, 5.41) is 0. The third-order valence-corrected chi connectivity index (χ3v) is 7.70. The summed E-state index contributed by atoms with van der Waals surface area (Å²) < 4.78 is 67.5. The first-order valence-corrected chi connectivity index (χ1v) is 18.8. The van der Waals surface area contributed by atoms with E-state index >= 15 is 0 Å². The van der Waals surface area contributed by atoms with Crippen LogP contribution in [0.1, 0.15) is 0 Å². The van der Waals surface area contributed by atoms with Crippen LogP contribution in [0.3, 0.4) is 0 Å². The predicted octanol–water partition coefficient (Wildman–Crippen LogP) is 3.96. The molecule has 0 aliphatic carbocycles. The highest BCUT2D eigenvalue weighted by Gasteiger charge is 2.06. The van der Waals surface area contributed by atoms with Gasteiger partial charge in [0.1, 0.15) is 37.9 Å². The molecular formula is C40H52N4O12. The average molecular weight is 781 g/mol. The maximum absolute atomic E-state index is 5.78. The van der Waals surface area contributed by atoms with E-state index in [0.29, 0.717) is 155 Å². The molecule has 0 spiro atoms. The summed E-state index contributed by atoms with van der Waals surface area (Å²) in [6, 6.07) is 15.2. The van der Waals surface area contributed by atoms with Crippen LogP contribution in [0.15, 0.2) is 73.3 Å². The van der Waals surface area contributed by atoms with Crippen LogP contribution in [0, 0.1) is 0 Å². The molecule has 0 amide bonds. The van der Waals surface area contributed by atoms with Crippen LogP contribution < -0.4 is 18.9 Å². The molecule has 0 saturated heterocycles. The van der Waals surface area contributed by atoms with Gasteiger partial charge in [0.25, 0.3) is 0 Å². The number of hydrogen-bond donors (Lipinski definition) is 0. The molecule has 0 N–H and O–H groups in total. The van der Waals surface area contributed by atoms with Crippen LogP contribution in [-0.2, 0) is 37.9 Å². The Labute approximate surface area is 327 Å². The van der Waals surface area contributed by atoms with Gasteiger partial charge < -0.3 is 56.8 Å². The van der Waals surface area contributed by atoms with Crippen molar-refractivity contribution in [1.82, 2.24) is 19.9 Å². The van der Waals surface area contributed by atoms with Crippen molar-refractivity contribution < 1.29 is 56.8 Å². The molecule has 10 aliphatic heterocycles. The topological polar surface area (TPSA) is 162 Å². The van der Waals surface area contributed by atoms with Crippen molar-refractivity contribution in [2.24, 2.45) is 0 Å². The first-order chi connectivity index (χ1) is 27.8. The van der Waals surface area contributed by atoms with Gasteiger partial charge in [0.15, 0.2) is 23.1 Å². The zero-order valence-corrected chi connectivity index (χ0v) is 31.8. The molecule has 16 nitrogen and oxygen atoms in total. The number of nitrogens with zero attached hydrogens (tertiary/aromatic N) is 4. The third-order valence-electron chi connectivity index (χ3n) is 7.70. The van der Waals surface area contributed by atoms with Gasteiger partial charge in [-0.3, -0.25) is 0 Å². The van der Waals surface area contributed by atoms with Crippen LogP contribution in [0.5, 0.6) is 23.0 Å². The van der Waals surface area contributed by atoms with Crippen molar-refractivity contribution in [3.63, 3.8) is 0 Å². The number of rotatable bonds is 0. The van der Waals surface area contributed by atoms with Crippen molar-refractivity contribution in [1.29, 1.82) is 0 Å². The van der Waals surface area contributed by atoms with Crippen molar-refractivity contribution in [3.8, 4) is 45.8 Å². The van der Waals surface area contributed by atoms with Crippen LogP contribution in [0.2, 0.25) is 0 Å². The molecule has 2 aromatic carbocycles. The summed E-state index contributed by atoms with van der Waals surface area (Å²) in [7, 11) is 0. The van der Waals surface area contributed by atoms with Gasteiger partial charge in [0.2, 0.25) is 0 Å². The second kappa shape index (κ2) is 27.1. The Bertz CT molecular complexity index is 1330. The zero-order chi connectivity index (χ0) is 38.6. The number of benzene rings is 2. The summed E-state index contributed by atoms with van der Waals surface area (Å²) >= 11 is 0. The molecule has 0 fully saturated rings. The maximum Gasteiger partial charge on any atom is 0.159 e. The van der Waals surface area contributed by atoms with E-state index in [4.69, 9.17) is 56.8 Å². The second-order valence-corrected chi connectivity index (χ2v) is 11.8. The quantitative estimate of drug-likeness (QED) is 0.252. The van der Waals surface area contributed by atoms with Crippen LogP contribution in [0.25, 0.3) is 22.8 Å². The molecule has 4 aromatic rings. The Balaban J connectivity index is 0.973. The number of hydrogen-bond acceptors (Lipinski definition) is 16. The molecule has 0 radical (unpaired) electrons. The van der Waals surface area contributed by atoms with Crippen molar-refractivity contribution >= 4 is 0 Å². The van der Waals surface area contributed by atoms with Crippen LogP contribution in [0.4, 0.5) is 0 Å². The summed E-state index contributed by atoms with van der Waals surface area (Å²) in [6.45, 7) is 8.90. The summed E-state index contributed by atoms with van der Waals surface area (Å²) in [4.78, 5) is 17.7. The summed E-state index contributed by atoms with van der Waals surface area (Å²) in [6.07, 6.45) is 6.58. The van der Waals surface area contributed by atoms with Crippen LogP contribution >= 0.6 is 0 Å². The first kappa shape index (κ1) is 42.6. The monoisotopic (exact) mass is 780 g/mol. The highest BCUT2D eigenvalue weighted by Crippen LogP contribution is 2.22. The third kappa shape index (κ3) is 17.5. The van der Waals surface area contributed by atoms with Crippen molar-refractivity contribution in [3.05, 3.63) is 73.3 Å². The molecule has 8 bridgehead atoms. The van der Waals surface area contributed by atoms with Crippen molar-refractivity contribution in [2.45, 2.75) is 0 Å². The fourth-order valence-electron chi connectivity index (χ4n) is 4.88. The Hall–Kier alpha value is -4.52. The van der Waals surface area contributed by atoms with E-state index in [9.17, 15) is 0 Å². The largest absolute Gasteiger partial charge is 0.491 e. The first-order valence-electron chi connectivity index (χ1n) is 18.8. The standard InChI is InChI=1S/C40H52N4O12/c1-5-35-6-2-33(1)39-41-29-37(30-42-39)55-27-23-51-19-15-47-11-12-48-16-20-52-24-28-56-38-31-43-40(44-32-38)34-3-7-36(8-4-34)54-26-22-50-18-14-46-10-9-45-13-17-49-21-25-53-35/h1-8,29-32H,9-28H2. The molecular weight excluding hydrogens is 728 g/mol. The Morgan fingerprint density at radius 3 is 0.714 bits per heavy atom. The molecule has 0 saturated carbocycles. The Morgan fingerprint density at radius 1 is 0.250 bits per heavy atom. The van der Waals surface area contributed by atoms with E-state index in [1.54, 1.807) is 24.8 Å². The summed E-state index contributed by atoms with van der Waals surface area (Å²) in [5.41, 5.74) is 1.73. The smallest absolute Gasteiger partial charge is 0.159 e. The van der Waals surface area contributed by atoms with Gasteiger partial charge in [0.05, 0.1) is 130 Å². The molecule has 56 heavy (non-hydrogen) atoms. The maximum atomic E-state index is 5.78. The minimum atomic E-state index is 0.371. The van der Waals surface area contributed by atoms with E-state index < -0.39 is 0 Å². The van der Waals surface area contributed by atoms with E-state index in [1.165, 1.54) is 0 Å². The minimum absolute atomic E-state index is 0.371. The molecule has 0 unspecified atom stereocenters. The Kier molecular flexibility index (Phi) is 20.7. The van der Waals surface area contributed by atoms with E-state index in [0.717, 1.165) is 22.6 Å². The molecule has 16 heteroatoms. The second-order valence-electron chi connectivity index (χ2n) is 11.8. The lowest BCUT2D eigenvalue weighted by atomic mass is 10.2. The number of aromatic nitrogens is 4. The van der Waals surface area contributed by atoms with Gasteiger partial charge in [-0.1, -0.05) is 0 Å². The lowest BCUT2D eigenvalue weighted by molar-refractivity contribution is -0.00702. The summed E-state index contributed by atoms with van der Waals surface area (Å²) in [5.74, 6) is 3.77. The van der Waals surface area contributed by atoms with E-state index in [-0.39, 0.29) is 0 Å². The van der Waals surface area contributed by atoms with Gasteiger partial charge in [-0.05, 0) is 48.5 Å². The highest BCUT2D eigenvalue weighted by molar-refractivity contribution is 5.57. The number of ether oxygens (including phenoxy) is 12. The zero-order valence-electron chi connectivity index (χ0n) is 31.8. The molecule has 2 aromatic heterocycles. The van der Waals surface area contributed by atoms with Gasteiger partial charge in [-0.2, -0.15) is 0 Å². The van der Waals surface area contributed by atoms with Gasteiger partial charge in [0, 0.05) is 11.1 Å². The molecule has 304 valence electrons. The molecule has 12 heterocycles. The average Bonchev–Trinajstić information content (AvgIpc) is 3.24. The lowest BCUT2D eigenvalue weighted by Crippen LogP contribution is -2.14.